The Morgan fingerprint density at radius 2 is 1.83 bits per heavy atom. The molecule has 0 saturated carbocycles. The van der Waals surface area contributed by atoms with E-state index in [-0.39, 0.29) is 17.7 Å². The molecule has 0 aliphatic carbocycles. The number of carbonyl (C=O) groups is 1. The van der Waals surface area contributed by atoms with Crippen LogP contribution in [-0.4, -0.2) is 47.9 Å². The summed E-state index contributed by atoms with van der Waals surface area (Å²) < 4.78 is 10.8. The highest BCUT2D eigenvalue weighted by atomic mass is 16.5. The van der Waals surface area contributed by atoms with Gasteiger partial charge in [-0.3, -0.25) is 4.79 Å². The number of hydrogen-bond donors (Lipinski definition) is 1. The predicted molar refractivity (Wildman–Crippen MR) is 114 cm³/mol. The smallest absolute Gasteiger partial charge is 0.325 e. The van der Waals surface area contributed by atoms with Crippen molar-refractivity contribution in [2.45, 2.75) is 12.8 Å². The summed E-state index contributed by atoms with van der Waals surface area (Å²) in [6.07, 6.45) is 1.59. The van der Waals surface area contributed by atoms with Crippen LogP contribution in [-0.2, 0) is 4.74 Å². The van der Waals surface area contributed by atoms with E-state index in [4.69, 9.17) is 14.9 Å². The first-order chi connectivity index (χ1) is 14.6. The fourth-order valence-corrected chi connectivity index (χ4v) is 3.36. The molecule has 0 spiro atoms. The van der Waals surface area contributed by atoms with E-state index in [9.17, 15) is 4.79 Å². The lowest BCUT2D eigenvalue weighted by Crippen LogP contribution is -2.44. The molecule has 2 N–H and O–H groups in total. The lowest BCUT2D eigenvalue weighted by molar-refractivity contribution is 0.0675. The van der Waals surface area contributed by atoms with Gasteiger partial charge in [-0.05, 0) is 11.6 Å². The second-order valence-corrected chi connectivity index (χ2v) is 7.17. The summed E-state index contributed by atoms with van der Waals surface area (Å²) in [4.78, 5) is 23.5. The number of aliphatic imine (C=N–C) groups is 1. The number of ketones is 1. The molecule has 7 nitrogen and oxygen atoms in total. The van der Waals surface area contributed by atoms with E-state index in [0.717, 1.165) is 11.3 Å². The third-order valence-electron chi connectivity index (χ3n) is 5.18. The maximum Gasteiger partial charge on any atom is 0.325 e. The van der Waals surface area contributed by atoms with Crippen LogP contribution in [0.4, 0.5) is 6.01 Å². The number of morpholine rings is 1. The van der Waals surface area contributed by atoms with Gasteiger partial charge in [-0.2, -0.15) is 9.98 Å². The number of rotatable bonds is 5. The number of carbonyl (C=O) groups excluding carboxylic acids is 1. The van der Waals surface area contributed by atoms with Gasteiger partial charge >= 0.3 is 6.01 Å². The highest BCUT2D eigenvalue weighted by molar-refractivity contribution is 6.09. The maximum absolute atomic E-state index is 12.8. The van der Waals surface area contributed by atoms with Crippen molar-refractivity contribution < 1.29 is 13.9 Å². The van der Waals surface area contributed by atoms with Crippen LogP contribution in [0.5, 0.6) is 0 Å². The second-order valence-electron chi connectivity index (χ2n) is 7.17. The van der Waals surface area contributed by atoms with Crippen molar-refractivity contribution in [3.8, 4) is 0 Å². The number of nitrogens with two attached hydrogens (primary N) is 1. The van der Waals surface area contributed by atoms with Gasteiger partial charge in [0.15, 0.2) is 5.78 Å². The molecule has 7 heteroatoms. The minimum atomic E-state index is -0.0640. The average molecular weight is 404 g/mol. The zero-order chi connectivity index (χ0) is 20.9. The third kappa shape index (κ3) is 4.41. The number of aromatic nitrogens is 1. The summed E-state index contributed by atoms with van der Waals surface area (Å²) in [7, 11) is 0. The normalized spacial score (nSPS) is 15.8. The molecule has 2 heterocycles. The lowest BCUT2D eigenvalue weighted by atomic mass is 9.94. The quantitative estimate of drug-likeness (QED) is 0.398. The minimum absolute atomic E-state index is 0.00613. The predicted octanol–water partition coefficient (Wildman–Crippen LogP) is 3.34. The molecule has 1 aromatic heterocycles. The van der Waals surface area contributed by atoms with Crippen LogP contribution in [0.1, 0.15) is 40.0 Å². The van der Waals surface area contributed by atoms with Gasteiger partial charge in [-0.15, -0.1) is 0 Å². The number of hydrogen-bond acceptors (Lipinski definition) is 5. The minimum Gasteiger partial charge on any atom is -0.430 e. The number of ether oxygens (including phenoxy) is 1. The van der Waals surface area contributed by atoms with Crippen LogP contribution in [0.3, 0.4) is 0 Å². The first-order valence-corrected chi connectivity index (χ1v) is 9.94. The number of nitrogens with zero attached hydrogens (tertiary/aromatic N) is 3. The van der Waals surface area contributed by atoms with E-state index >= 15 is 0 Å². The zero-order valence-electron chi connectivity index (χ0n) is 16.8. The van der Waals surface area contributed by atoms with Gasteiger partial charge in [0, 0.05) is 30.1 Å². The summed E-state index contributed by atoms with van der Waals surface area (Å²) in [6.45, 7) is 4.66. The number of guanidine groups is 1. The molecule has 1 aliphatic heterocycles. The van der Waals surface area contributed by atoms with E-state index < -0.39 is 0 Å². The molecular formula is C23H24N4O3. The zero-order valence-corrected chi connectivity index (χ0v) is 16.8. The van der Waals surface area contributed by atoms with Crippen molar-refractivity contribution in [2.75, 3.05) is 26.3 Å². The summed E-state index contributed by atoms with van der Waals surface area (Å²) in [5, 5.41) is 0. The molecule has 1 fully saturated rings. The molecule has 0 amide bonds. The summed E-state index contributed by atoms with van der Waals surface area (Å²) >= 11 is 0. The third-order valence-corrected chi connectivity index (χ3v) is 5.18. The van der Waals surface area contributed by atoms with Crippen LogP contribution in [0.25, 0.3) is 0 Å². The Balaban J connectivity index is 1.51. The highest BCUT2D eigenvalue weighted by Crippen LogP contribution is 2.27. The van der Waals surface area contributed by atoms with Crippen molar-refractivity contribution in [1.29, 1.82) is 0 Å². The van der Waals surface area contributed by atoms with Crippen molar-refractivity contribution >= 4 is 17.8 Å². The van der Waals surface area contributed by atoms with E-state index in [1.54, 1.807) is 6.26 Å². The Kier molecular flexibility index (Phi) is 5.90. The molecule has 154 valence electrons. The largest absolute Gasteiger partial charge is 0.430 e. The van der Waals surface area contributed by atoms with Crippen LogP contribution >= 0.6 is 0 Å². The van der Waals surface area contributed by atoms with Gasteiger partial charge in [0.05, 0.1) is 18.9 Å². The van der Waals surface area contributed by atoms with E-state index in [0.29, 0.717) is 43.4 Å². The molecule has 4 rings (SSSR count). The molecule has 1 atom stereocenters. The fourth-order valence-electron chi connectivity index (χ4n) is 3.36. The van der Waals surface area contributed by atoms with Crippen LogP contribution in [0.2, 0.25) is 0 Å². The molecule has 0 bridgehead atoms. The molecule has 1 unspecified atom stereocenters. The summed E-state index contributed by atoms with van der Waals surface area (Å²) in [6, 6.07) is 17.1. The van der Waals surface area contributed by atoms with Crippen molar-refractivity contribution in [1.82, 2.24) is 9.88 Å². The second kappa shape index (κ2) is 8.92. The van der Waals surface area contributed by atoms with Gasteiger partial charge in [0.25, 0.3) is 0 Å². The highest BCUT2D eigenvalue weighted by Gasteiger charge is 2.18. The summed E-state index contributed by atoms with van der Waals surface area (Å²) in [5.74, 6) is 0.300. The molecule has 1 aliphatic rings. The van der Waals surface area contributed by atoms with Crippen LogP contribution in [0.15, 0.2) is 70.3 Å². The van der Waals surface area contributed by atoms with Gasteiger partial charge < -0.3 is 19.8 Å². The summed E-state index contributed by atoms with van der Waals surface area (Å²) in [5.41, 5.74) is 9.08. The Morgan fingerprint density at radius 1 is 1.10 bits per heavy atom. The Labute approximate surface area is 175 Å². The lowest BCUT2D eigenvalue weighted by Gasteiger charge is -2.27. The molecule has 2 aromatic carbocycles. The van der Waals surface area contributed by atoms with Gasteiger partial charge in [0.2, 0.25) is 5.96 Å². The van der Waals surface area contributed by atoms with Gasteiger partial charge in [0.1, 0.15) is 6.26 Å². The van der Waals surface area contributed by atoms with Gasteiger partial charge in [-0.1, -0.05) is 55.5 Å². The van der Waals surface area contributed by atoms with E-state index in [2.05, 4.69) is 9.98 Å². The van der Waals surface area contributed by atoms with E-state index in [1.165, 1.54) is 0 Å². The molecule has 1 saturated heterocycles. The molecular weight excluding hydrogens is 380 g/mol. The first-order valence-electron chi connectivity index (χ1n) is 9.94. The SMILES string of the molecule is CC(c1cccc(C(=O)c2ccccc2)c1)c1coc(/N=C(/N)N2CCOCC2)n1. The standard InChI is InChI=1S/C23H24N4O3/c1-16(18-8-5-9-19(14-18)21(28)17-6-3-2-4-7-17)20-15-30-23(25-20)26-22(24)27-10-12-29-13-11-27/h2-9,14-16H,10-13H2,1H3,(H2,24,25,26). The molecule has 3 aromatic rings. The van der Waals surface area contributed by atoms with Crippen molar-refractivity contribution in [3.05, 3.63) is 83.2 Å². The Hall–Kier alpha value is -3.45. The van der Waals surface area contributed by atoms with E-state index in [1.807, 2.05) is 66.4 Å². The number of benzene rings is 2. The Bertz CT molecular complexity index is 1040. The van der Waals surface area contributed by atoms with Crippen molar-refractivity contribution in [3.63, 3.8) is 0 Å². The molecule has 0 radical (unpaired) electrons. The maximum atomic E-state index is 12.8. The number of oxazole rings is 1. The first kappa shape index (κ1) is 19.8. The van der Waals surface area contributed by atoms with Crippen LogP contribution in [0, 0.1) is 0 Å². The monoisotopic (exact) mass is 404 g/mol. The van der Waals surface area contributed by atoms with Crippen molar-refractivity contribution in [2.24, 2.45) is 10.7 Å². The fraction of sp³-hybridized carbons (Fsp3) is 0.261. The molecule has 30 heavy (non-hydrogen) atoms. The van der Waals surface area contributed by atoms with Crippen LogP contribution < -0.4 is 5.73 Å². The Morgan fingerprint density at radius 3 is 2.60 bits per heavy atom. The van der Waals surface area contributed by atoms with Gasteiger partial charge in [-0.25, -0.2) is 0 Å². The average Bonchev–Trinajstić information content (AvgIpc) is 3.27. The topological polar surface area (TPSA) is 94.0 Å².